The van der Waals surface area contributed by atoms with Gasteiger partial charge < -0.3 is 10.4 Å². The summed E-state index contributed by atoms with van der Waals surface area (Å²) in [5.41, 5.74) is 1.06. The van der Waals surface area contributed by atoms with E-state index >= 15 is 0 Å². The maximum absolute atomic E-state index is 12.6. The zero-order valence-electron chi connectivity index (χ0n) is 15.6. The Morgan fingerprint density at radius 1 is 1.27 bits per heavy atom. The number of rotatable bonds is 7. The predicted octanol–water partition coefficient (Wildman–Crippen LogP) is 3.92. The van der Waals surface area contributed by atoms with Gasteiger partial charge in [0, 0.05) is 30.8 Å². The third-order valence-corrected chi connectivity index (χ3v) is 5.57. The number of aromatic hydroxyl groups is 1. The van der Waals surface area contributed by atoms with Crippen molar-refractivity contribution in [3.05, 3.63) is 69.1 Å². The van der Waals surface area contributed by atoms with Crippen LogP contribution in [0.3, 0.4) is 0 Å². The van der Waals surface area contributed by atoms with Gasteiger partial charge in [0.1, 0.15) is 10.1 Å². The standard InChI is InChI=1S/C20H17N3O5S2/c24-16-8-6-14(7-9-16)21-18(25)5-2-10-22-19(26)17(30-20(22)29)12-13-3-1-4-15(11-13)23(27)28/h1,3-4,6-9,11-12,24H,2,5,10H2,(H,21,25)/b17-12-. The average molecular weight is 444 g/mol. The summed E-state index contributed by atoms with van der Waals surface area (Å²) in [7, 11) is 0. The highest BCUT2D eigenvalue weighted by Gasteiger charge is 2.31. The zero-order valence-corrected chi connectivity index (χ0v) is 17.2. The molecule has 1 heterocycles. The average Bonchev–Trinajstić information content (AvgIpc) is 2.97. The molecule has 1 aliphatic rings. The molecule has 8 nitrogen and oxygen atoms in total. The number of hydrogen-bond donors (Lipinski definition) is 2. The summed E-state index contributed by atoms with van der Waals surface area (Å²) in [4.78, 5) is 36.9. The van der Waals surface area contributed by atoms with Crippen molar-refractivity contribution in [3.8, 4) is 5.75 Å². The normalized spacial score (nSPS) is 14.9. The van der Waals surface area contributed by atoms with E-state index in [1.807, 2.05) is 0 Å². The van der Waals surface area contributed by atoms with Crippen LogP contribution in [0, 0.1) is 10.1 Å². The molecule has 0 saturated carbocycles. The lowest BCUT2D eigenvalue weighted by Gasteiger charge is -2.14. The lowest BCUT2D eigenvalue weighted by atomic mass is 10.2. The number of non-ortho nitro benzene ring substituents is 1. The van der Waals surface area contributed by atoms with Crippen LogP contribution in [-0.4, -0.2) is 37.6 Å². The van der Waals surface area contributed by atoms with Crippen LogP contribution in [0.25, 0.3) is 6.08 Å². The van der Waals surface area contributed by atoms with Gasteiger partial charge in [-0.15, -0.1) is 0 Å². The van der Waals surface area contributed by atoms with Gasteiger partial charge in [0.25, 0.3) is 11.6 Å². The van der Waals surface area contributed by atoms with E-state index < -0.39 is 4.92 Å². The molecule has 0 aliphatic carbocycles. The third kappa shape index (κ3) is 5.43. The fourth-order valence-electron chi connectivity index (χ4n) is 2.74. The minimum atomic E-state index is -0.494. The van der Waals surface area contributed by atoms with Crippen LogP contribution in [0.15, 0.2) is 53.4 Å². The van der Waals surface area contributed by atoms with Crippen LogP contribution in [0.2, 0.25) is 0 Å². The van der Waals surface area contributed by atoms with Gasteiger partial charge in [-0.2, -0.15) is 0 Å². The monoisotopic (exact) mass is 443 g/mol. The summed E-state index contributed by atoms with van der Waals surface area (Å²) in [6, 6.07) is 12.1. The van der Waals surface area contributed by atoms with Crippen LogP contribution < -0.4 is 5.32 Å². The Balaban J connectivity index is 1.56. The van der Waals surface area contributed by atoms with Crippen LogP contribution in [0.1, 0.15) is 18.4 Å². The second kappa shape index (κ2) is 9.51. The highest BCUT2D eigenvalue weighted by atomic mass is 32.2. The molecule has 0 bridgehead atoms. The predicted molar refractivity (Wildman–Crippen MR) is 119 cm³/mol. The van der Waals surface area contributed by atoms with E-state index in [-0.39, 0.29) is 29.7 Å². The molecule has 0 atom stereocenters. The van der Waals surface area contributed by atoms with Crippen molar-refractivity contribution >= 4 is 57.6 Å². The van der Waals surface area contributed by atoms with Gasteiger partial charge in [-0.1, -0.05) is 36.1 Å². The first-order valence-electron chi connectivity index (χ1n) is 8.92. The Bertz CT molecular complexity index is 1040. The van der Waals surface area contributed by atoms with E-state index in [1.165, 1.54) is 29.2 Å². The van der Waals surface area contributed by atoms with E-state index in [4.69, 9.17) is 12.2 Å². The SMILES string of the molecule is O=C(CCCN1C(=O)/C(=C/c2cccc([N+](=O)[O-])c2)SC1=S)Nc1ccc(O)cc1. The zero-order chi connectivity index (χ0) is 21.7. The van der Waals surface area contributed by atoms with Crippen LogP contribution in [0.5, 0.6) is 5.75 Å². The van der Waals surface area contributed by atoms with Gasteiger partial charge in [-0.05, 0) is 42.3 Å². The number of amides is 2. The van der Waals surface area contributed by atoms with E-state index in [0.29, 0.717) is 33.4 Å². The Hall–Kier alpha value is -3.24. The molecular weight excluding hydrogens is 426 g/mol. The Morgan fingerprint density at radius 2 is 2.00 bits per heavy atom. The number of anilines is 1. The number of nitrogens with zero attached hydrogens (tertiary/aromatic N) is 2. The second-order valence-corrected chi connectivity index (χ2v) is 8.06. The van der Waals surface area contributed by atoms with Gasteiger partial charge in [-0.25, -0.2) is 0 Å². The molecular formula is C20H17N3O5S2. The molecule has 2 aromatic rings. The summed E-state index contributed by atoms with van der Waals surface area (Å²) in [6.45, 7) is 0.292. The number of nitro benzene ring substituents is 1. The second-order valence-electron chi connectivity index (χ2n) is 6.38. The number of thiocarbonyl (C=S) groups is 1. The van der Waals surface area contributed by atoms with Crippen molar-refractivity contribution in [1.82, 2.24) is 4.90 Å². The summed E-state index contributed by atoms with van der Waals surface area (Å²) < 4.78 is 0.385. The number of phenols is 1. The molecule has 1 aliphatic heterocycles. The largest absolute Gasteiger partial charge is 0.508 e. The lowest BCUT2D eigenvalue weighted by molar-refractivity contribution is -0.384. The summed E-state index contributed by atoms with van der Waals surface area (Å²) in [5, 5.41) is 22.9. The summed E-state index contributed by atoms with van der Waals surface area (Å²) >= 11 is 6.40. The molecule has 2 aromatic carbocycles. The number of thioether (sulfide) groups is 1. The van der Waals surface area contributed by atoms with E-state index in [1.54, 1.807) is 30.3 Å². The molecule has 154 valence electrons. The number of nitrogens with one attached hydrogen (secondary N) is 1. The highest BCUT2D eigenvalue weighted by molar-refractivity contribution is 8.26. The molecule has 2 N–H and O–H groups in total. The fraction of sp³-hybridized carbons (Fsp3) is 0.150. The smallest absolute Gasteiger partial charge is 0.270 e. The number of benzene rings is 2. The third-order valence-electron chi connectivity index (χ3n) is 4.19. The van der Waals surface area contributed by atoms with E-state index in [2.05, 4.69) is 5.32 Å². The van der Waals surface area contributed by atoms with Crippen molar-refractivity contribution in [2.45, 2.75) is 12.8 Å². The quantitative estimate of drug-likeness (QED) is 0.219. The van der Waals surface area contributed by atoms with Crippen molar-refractivity contribution in [1.29, 1.82) is 0 Å². The minimum absolute atomic E-state index is 0.0566. The summed E-state index contributed by atoms with van der Waals surface area (Å²) in [6.07, 6.45) is 2.19. The Kier molecular flexibility index (Phi) is 6.80. The maximum atomic E-state index is 12.6. The molecule has 0 aromatic heterocycles. The number of nitro groups is 1. The van der Waals surface area contributed by atoms with Crippen LogP contribution in [-0.2, 0) is 9.59 Å². The molecule has 0 radical (unpaired) electrons. The van der Waals surface area contributed by atoms with Crippen molar-refractivity contribution < 1.29 is 19.6 Å². The number of phenolic OH excluding ortho intramolecular Hbond substituents is 1. The van der Waals surface area contributed by atoms with Crippen LogP contribution in [0.4, 0.5) is 11.4 Å². The van der Waals surface area contributed by atoms with Gasteiger partial charge in [0.2, 0.25) is 5.91 Å². The van der Waals surface area contributed by atoms with Crippen molar-refractivity contribution in [2.75, 3.05) is 11.9 Å². The molecule has 1 saturated heterocycles. The summed E-state index contributed by atoms with van der Waals surface area (Å²) in [5.74, 6) is -0.380. The van der Waals surface area contributed by atoms with Gasteiger partial charge >= 0.3 is 0 Å². The van der Waals surface area contributed by atoms with Crippen LogP contribution >= 0.6 is 24.0 Å². The van der Waals surface area contributed by atoms with Crippen molar-refractivity contribution in [2.24, 2.45) is 0 Å². The molecule has 0 spiro atoms. The van der Waals surface area contributed by atoms with Crippen molar-refractivity contribution in [3.63, 3.8) is 0 Å². The first-order valence-corrected chi connectivity index (χ1v) is 10.1. The number of carbonyl (C=O) groups is 2. The topological polar surface area (TPSA) is 113 Å². The molecule has 1 fully saturated rings. The fourth-order valence-corrected chi connectivity index (χ4v) is 4.05. The number of hydrogen-bond acceptors (Lipinski definition) is 7. The first-order chi connectivity index (χ1) is 14.3. The molecule has 3 rings (SSSR count). The van der Waals surface area contributed by atoms with E-state index in [0.717, 1.165) is 11.8 Å². The maximum Gasteiger partial charge on any atom is 0.270 e. The number of carbonyl (C=O) groups excluding carboxylic acids is 2. The van der Waals surface area contributed by atoms with Gasteiger partial charge in [0.05, 0.1) is 9.83 Å². The molecule has 30 heavy (non-hydrogen) atoms. The van der Waals surface area contributed by atoms with Gasteiger partial charge in [-0.3, -0.25) is 24.6 Å². The van der Waals surface area contributed by atoms with Gasteiger partial charge in [0.15, 0.2) is 0 Å². The highest BCUT2D eigenvalue weighted by Crippen LogP contribution is 2.33. The first kappa shape index (κ1) is 21.5. The van der Waals surface area contributed by atoms with E-state index in [9.17, 15) is 24.8 Å². The minimum Gasteiger partial charge on any atom is -0.508 e. The molecule has 10 heteroatoms. The Labute approximate surface area is 181 Å². The molecule has 2 amide bonds. The lowest BCUT2D eigenvalue weighted by Crippen LogP contribution is -2.29. The molecule has 0 unspecified atom stereocenters. The Morgan fingerprint density at radius 3 is 2.70 bits per heavy atom.